The minimum atomic E-state index is -0.714. The van der Waals surface area contributed by atoms with Gasteiger partial charge in [-0.1, -0.05) is 98.3 Å². The van der Waals surface area contributed by atoms with Crippen molar-refractivity contribution < 1.29 is 23.9 Å². The smallest absolute Gasteiger partial charge is 0.328 e. The molecule has 1 atom stereocenters. The third-order valence-electron chi connectivity index (χ3n) is 7.28. The maximum atomic E-state index is 13.2. The second-order valence-electron chi connectivity index (χ2n) is 11.1. The van der Waals surface area contributed by atoms with Crippen molar-refractivity contribution in [2.45, 2.75) is 39.8 Å². The zero-order valence-electron chi connectivity index (χ0n) is 25.8. The molecule has 7 heteroatoms. The highest BCUT2D eigenvalue weighted by Crippen LogP contribution is 2.22. The number of aryl methyl sites for hydroxylation is 1. The molecule has 44 heavy (non-hydrogen) atoms. The lowest BCUT2D eigenvalue weighted by molar-refractivity contribution is -0.141. The van der Waals surface area contributed by atoms with Gasteiger partial charge in [0.25, 0.3) is 0 Å². The molecule has 0 aromatic heterocycles. The number of nitrogens with zero attached hydrogens (tertiary/aromatic N) is 1. The molecule has 0 saturated carbocycles. The molecule has 4 aromatic carbocycles. The largest absolute Gasteiger partial charge is 0.492 e. The van der Waals surface area contributed by atoms with Crippen molar-refractivity contribution in [3.63, 3.8) is 0 Å². The maximum absolute atomic E-state index is 13.2. The third kappa shape index (κ3) is 8.80. The number of anilines is 1. The summed E-state index contributed by atoms with van der Waals surface area (Å²) in [6, 6.07) is 31.2. The van der Waals surface area contributed by atoms with Gasteiger partial charge in [-0.15, -0.1) is 0 Å². The van der Waals surface area contributed by atoms with Crippen LogP contribution in [0, 0.1) is 12.8 Å². The molecular weight excluding hydrogens is 552 g/mol. The number of hydrogen-bond donors (Lipinski definition) is 1. The number of nitrogens with one attached hydrogen (secondary N) is 1. The highest BCUT2D eigenvalue weighted by molar-refractivity contribution is 6.12. The maximum Gasteiger partial charge on any atom is 0.328 e. The van der Waals surface area contributed by atoms with Crippen molar-refractivity contribution in [2.24, 2.45) is 5.92 Å². The van der Waals surface area contributed by atoms with E-state index in [2.05, 4.69) is 11.4 Å². The van der Waals surface area contributed by atoms with Gasteiger partial charge in [-0.3, -0.25) is 9.59 Å². The molecule has 1 amide bonds. The van der Waals surface area contributed by atoms with E-state index in [4.69, 9.17) is 9.47 Å². The van der Waals surface area contributed by atoms with Crippen LogP contribution in [0.15, 0.2) is 103 Å². The molecule has 0 radical (unpaired) electrons. The first kappa shape index (κ1) is 32.0. The van der Waals surface area contributed by atoms with Gasteiger partial charge in [0.05, 0.1) is 13.7 Å². The first-order valence-electron chi connectivity index (χ1n) is 14.8. The lowest BCUT2D eigenvalue weighted by atomic mass is 10.00. The zero-order chi connectivity index (χ0) is 31.5. The van der Waals surface area contributed by atoms with Crippen molar-refractivity contribution >= 4 is 23.3 Å². The topological polar surface area (TPSA) is 84.9 Å². The summed E-state index contributed by atoms with van der Waals surface area (Å²) in [4.78, 5) is 40.7. The molecule has 0 aliphatic heterocycles. The first-order chi connectivity index (χ1) is 21.2. The highest BCUT2D eigenvalue weighted by atomic mass is 16.5. The molecule has 0 bridgehead atoms. The minimum Gasteiger partial charge on any atom is -0.492 e. The fourth-order valence-corrected chi connectivity index (χ4v) is 4.97. The predicted molar refractivity (Wildman–Crippen MR) is 173 cm³/mol. The van der Waals surface area contributed by atoms with Gasteiger partial charge in [-0.2, -0.15) is 0 Å². The number of rotatable bonds is 14. The molecule has 0 aliphatic rings. The Morgan fingerprint density at radius 3 is 2.20 bits per heavy atom. The van der Waals surface area contributed by atoms with E-state index in [0.717, 1.165) is 16.7 Å². The number of methoxy groups -OCH3 is 1. The summed E-state index contributed by atoms with van der Waals surface area (Å²) in [5.41, 5.74) is 4.74. The fraction of sp³-hybridized carbons (Fsp3) is 0.270. The molecule has 0 unspecified atom stereocenters. The van der Waals surface area contributed by atoms with Crippen LogP contribution in [0.25, 0.3) is 0 Å². The van der Waals surface area contributed by atoms with Crippen LogP contribution < -0.4 is 10.1 Å². The molecule has 0 spiro atoms. The first-order valence-corrected chi connectivity index (χ1v) is 14.8. The van der Waals surface area contributed by atoms with Crippen molar-refractivity contribution in [3.8, 4) is 5.75 Å². The Bertz CT molecular complexity index is 1550. The van der Waals surface area contributed by atoms with Crippen LogP contribution in [-0.4, -0.2) is 48.9 Å². The molecule has 4 aromatic rings. The molecule has 0 saturated heterocycles. The second kappa shape index (κ2) is 15.5. The van der Waals surface area contributed by atoms with Crippen LogP contribution in [0.1, 0.15) is 46.5 Å². The number of para-hydroxylation sites is 1. The van der Waals surface area contributed by atoms with Gasteiger partial charge in [0.15, 0.2) is 5.78 Å². The predicted octanol–water partition coefficient (Wildman–Crippen LogP) is 6.49. The summed E-state index contributed by atoms with van der Waals surface area (Å²) in [6.45, 7) is 7.19. The fourth-order valence-electron chi connectivity index (χ4n) is 4.97. The minimum absolute atomic E-state index is 0.0823. The van der Waals surface area contributed by atoms with Crippen molar-refractivity contribution in [1.29, 1.82) is 0 Å². The number of ether oxygens (including phenoxy) is 2. The van der Waals surface area contributed by atoms with E-state index in [1.807, 2.05) is 92.4 Å². The average molecular weight is 593 g/mol. The van der Waals surface area contributed by atoms with Gasteiger partial charge in [-0.05, 0) is 42.3 Å². The van der Waals surface area contributed by atoms with Crippen LogP contribution in [0.2, 0.25) is 0 Å². The van der Waals surface area contributed by atoms with E-state index in [1.165, 1.54) is 7.11 Å². The summed E-state index contributed by atoms with van der Waals surface area (Å²) >= 11 is 0. The van der Waals surface area contributed by atoms with Crippen LogP contribution in [0.4, 0.5) is 5.69 Å². The van der Waals surface area contributed by atoms with Crippen LogP contribution in [0.3, 0.4) is 0 Å². The van der Waals surface area contributed by atoms with Gasteiger partial charge >= 0.3 is 5.97 Å². The van der Waals surface area contributed by atoms with Crippen molar-refractivity contribution in [1.82, 2.24) is 4.90 Å². The Hall–Kier alpha value is -4.91. The number of carbonyl (C=O) groups is 3. The van der Waals surface area contributed by atoms with Gasteiger partial charge in [0.2, 0.25) is 5.91 Å². The van der Waals surface area contributed by atoms with Crippen molar-refractivity contribution in [2.75, 3.05) is 25.6 Å². The monoisotopic (exact) mass is 592 g/mol. The van der Waals surface area contributed by atoms with Gasteiger partial charge < -0.3 is 19.7 Å². The van der Waals surface area contributed by atoms with Crippen LogP contribution in [0.5, 0.6) is 5.75 Å². The van der Waals surface area contributed by atoms with Crippen LogP contribution >= 0.6 is 0 Å². The second-order valence-corrected chi connectivity index (χ2v) is 11.1. The number of carbonyl (C=O) groups excluding carboxylic acids is 3. The average Bonchev–Trinajstić information content (AvgIpc) is 3.04. The number of ketones is 1. The summed E-state index contributed by atoms with van der Waals surface area (Å²) in [5.74, 6) is 0.0718. The lowest BCUT2D eigenvalue weighted by Crippen LogP contribution is -2.36. The Labute approximate surface area is 259 Å². The zero-order valence-corrected chi connectivity index (χ0v) is 25.8. The van der Waals surface area contributed by atoms with Gasteiger partial charge in [0.1, 0.15) is 18.4 Å². The van der Waals surface area contributed by atoms with E-state index >= 15 is 0 Å². The Morgan fingerprint density at radius 2 is 1.52 bits per heavy atom. The SMILES string of the molecule is COC(=O)[C@H](Cc1ccc(OCCN(Cc2cccc(C)c2)C(=O)C(C)C)cc1)Nc1ccccc1C(=O)c1ccccc1. The number of benzene rings is 4. The quantitative estimate of drug-likeness (QED) is 0.133. The normalized spacial score (nSPS) is 11.5. The standard InChI is InChI=1S/C37H40N2O5/c1-26(2)36(41)39(25-29-12-10-11-27(3)23-29)21-22-44-31-19-17-28(18-20-31)24-34(37(42)43-4)38-33-16-9-8-15-32(33)35(40)30-13-6-5-7-14-30/h5-20,23,26,34,38H,21-22,24-25H2,1-4H3/t34-/m0/s1. The molecule has 0 aliphatic carbocycles. The summed E-state index contributed by atoms with van der Waals surface area (Å²) in [5, 5.41) is 3.24. The molecule has 7 nitrogen and oxygen atoms in total. The number of esters is 1. The van der Waals surface area contributed by atoms with E-state index in [0.29, 0.717) is 48.7 Å². The van der Waals surface area contributed by atoms with E-state index in [1.54, 1.807) is 30.3 Å². The van der Waals surface area contributed by atoms with E-state index < -0.39 is 12.0 Å². The summed E-state index contributed by atoms with van der Waals surface area (Å²) in [6.07, 6.45) is 0.341. The van der Waals surface area contributed by atoms with E-state index in [9.17, 15) is 14.4 Å². The molecule has 0 heterocycles. The van der Waals surface area contributed by atoms with Gasteiger partial charge in [0, 0.05) is 35.7 Å². The molecular formula is C37H40N2O5. The molecule has 4 rings (SSSR count). The van der Waals surface area contributed by atoms with E-state index in [-0.39, 0.29) is 17.6 Å². The number of hydrogen-bond acceptors (Lipinski definition) is 6. The molecule has 0 fully saturated rings. The van der Waals surface area contributed by atoms with Gasteiger partial charge in [-0.25, -0.2) is 4.79 Å². The Kier molecular flexibility index (Phi) is 11.3. The highest BCUT2D eigenvalue weighted by Gasteiger charge is 2.23. The van der Waals surface area contributed by atoms with Crippen LogP contribution in [-0.2, 0) is 27.3 Å². The Morgan fingerprint density at radius 1 is 0.818 bits per heavy atom. The summed E-state index contributed by atoms with van der Waals surface area (Å²) < 4.78 is 11.1. The summed E-state index contributed by atoms with van der Waals surface area (Å²) in [7, 11) is 1.35. The molecule has 228 valence electrons. The number of amides is 1. The lowest BCUT2D eigenvalue weighted by Gasteiger charge is -2.25. The van der Waals surface area contributed by atoms with Crippen molar-refractivity contribution in [3.05, 3.63) is 131 Å². The third-order valence-corrected chi connectivity index (χ3v) is 7.28. The molecule has 1 N–H and O–H groups in total. The Balaban J connectivity index is 1.39.